The Bertz CT molecular complexity index is 1030. The van der Waals surface area contributed by atoms with Gasteiger partial charge < -0.3 is 14.8 Å². The summed E-state index contributed by atoms with van der Waals surface area (Å²) in [7, 11) is -2.30. The van der Waals surface area contributed by atoms with Gasteiger partial charge >= 0.3 is 12.1 Å². The molecule has 1 amide bonds. The quantitative estimate of drug-likeness (QED) is 0.310. The number of hydrogen-bond donors (Lipinski definition) is 1. The normalized spacial score (nSPS) is 12.9. The van der Waals surface area contributed by atoms with Crippen molar-refractivity contribution in [3.63, 3.8) is 0 Å². The van der Waals surface area contributed by atoms with E-state index >= 15 is 0 Å². The summed E-state index contributed by atoms with van der Waals surface area (Å²) in [6.07, 6.45) is 0.0159. The molecule has 0 fully saturated rings. The average molecular weight is 521 g/mol. The van der Waals surface area contributed by atoms with Gasteiger partial charge in [0.25, 0.3) is 0 Å². The van der Waals surface area contributed by atoms with Gasteiger partial charge in [0.2, 0.25) is 0 Å². The maximum atomic E-state index is 13.0. The fourth-order valence-electron chi connectivity index (χ4n) is 4.36. The first-order chi connectivity index (χ1) is 17.4. The Morgan fingerprint density at radius 3 is 1.41 bits per heavy atom. The summed E-state index contributed by atoms with van der Waals surface area (Å²) in [6, 6.07) is 30.6. The van der Waals surface area contributed by atoms with E-state index in [4.69, 9.17) is 9.47 Å². The standard InChI is InChI=1S/C31H38NO4P/c1-30(2,3)35-28(33)22-24(32-29(34)36-31(4,5)6)23-37(25-16-10-7-11-17-25,26-18-12-8-13-19-26)27-20-14-9-15-21-27/h7-21,24H,22-23H2,1-6H3/p+1. The van der Waals surface area contributed by atoms with Gasteiger partial charge in [-0.1, -0.05) is 54.6 Å². The molecule has 0 saturated carbocycles. The van der Waals surface area contributed by atoms with Crippen molar-refractivity contribution in [3.05, 3.63) is 91.0 Å². The highest BCUT2D eigenvalue weighted by Gasteiger charge is 2.48. The molecule has 0 saturated heterocycles. The molecule has 196 valence electrons. The molecule has 0 aliphatic carbocycles. The second kappa shape index (κ2) is 11.9. The van der Waals surface area contributed by atoms with Gasteiger partial charge in [0.15, 0.2) is 0 Å². The monoisotopic (exact) mass is 520 g/mol. The van der Waals surface area contributed by atoms with Gasteiger partial charge in [0.1, 0.15) is 34.4 Å². The summed E-state index contributed by atoms with van der Waals surface area (Å²) in [4.78, 5) is 26.0. The molecular formula is C31H39NO4P+. The van der Waals surface area contributed by atoms with Crippen molar-refractivity contribution < 1.29 is 19.1 Å². The molecule has 0 bridgehead atoms. The number of nitrogens with one attached hydrogen (secondary N) is 1. The Hall–Kier alpha value is -3.17. The summed E-state index contributed by atoms with van der Waals surface area (Å²) < 4.78 is 11.3. The maximum absolute atomic E-state index is 13.0. The van der Waals surface area contributed by atoms with E-state index in [-0.39, 0.29) is 12.4 Å². The van der Waals surface area contributed by atoms with Crippen LogP contribution in [0.4, 0.5) is 4.79 Å². The van der Waals surface area contributed by atoms with Crippen LogP contribution >= 0.6 is 7.26 Å². The zero-order valence-electron chi connectivity index (χ0n) is 22.7. The number of ether oxygens (including phenoxy) is 2. The SMILES string of the molecule is CC(C)(C)OC(=O)CC(C[P+](c1ccccc1)(c1ccccc1)c1ccccc1)NC(=O)OC(C)(C)C. The lowest BCUT2D eigenvalue weighted by Gasteiger charge is -2.32. The molecule has 0 spiro atoms. The smallest absolute Gasteiger partial charge is 0.408 e. The van der Waals surface area contributed by atoms with Gasteiger partial charge in [-0.3, -0.25) is 4.79 Å². The van der Waals surface area contributed by atoms with Crippen molar-refractivity contribution in [1.29, 1.82) is 0 Å². The topological polar surface area (TPSA) is 64.6 Å². The van der Waals surface area contributed by atoms with Crippen LogP contribution in [0.2, 0.25) is 0 Å². The molecule has 0 aromatic heterocycles. The highest BCUT2D eigenvalue weighted by molar-refractivity contribution is 7.95. The number of amides is 1. The van der Waals surface area contributed by atoms with Gasteiger partial charge in [0, 0.05) is 0 Å². The predicted octanol–water partition coefficient (Wildman–Crippen LogP) is 5.61. The van der Waals surface area contributed by atoms with E-state index in [1.807, 2.05) is 96.1 Å². The van der Waals surface area contributed by atoms with Crippen molar-refractivity contribution in [1.82, 2.24) is 5.32 Å². The van der Waals surface area contributed by atoms with Gasteiger partial charge in [-0.15, -0.1) is 0 Å². The average Bonchev–Trinajstić information content (AvgIpc) is 2.81. The second-order valence-corrected chi connectivity index (χ2v) is 14.7. The molecule has 0 heterocycles. The number of esters is 1. The number of hydrogen-bond acceptors (Lipinski definition) is 4. The Morgan fingerprint density at radius 2 is 1.05 bits per heavy atom. The third-order valence-corrected chi connectivity index (χ3v) is 10.2. The lowest BCUT2D eigenvalue weighted by atomic mass is 10.2. The van der Waals surface area contributed by atoms with Crippen LogP contribution in [0.3, 0.4) is 0 Å². The minimum absolute atomic E-state index is 0.0325. The molecule has 1 atom stereocenters. The number of carbonyl (C=O) groups excluding carboxylic acids is 2. The Morgan fingerprint density at radius 1 is 0.676 bits per heavy atom. The van der Waals surface area contributed by atoms with Gasteiger partial charge in [0.05, 0.1) is 18.6 Å². The van der Waals surface area contributed by atoms with E-state index in [0.29, 0.717) is 6.16 Å². The van der Waals surface area contributed by atoms with Crippen molar-refractivity contribution in [2.45, 2.75) is 65.2 Å². The predicted molar refractivity (Wildman–Crippen MR) is 154 cm³/mol. The van der Waals surface area contributed by atoms with Crippen LogP contribution in [-0.4, -0.2) is 35.5 Å². The summed E-state index contributed by atoms with van der Waals surface area (Å²) in [6.45, 7) is 11.0. The van der Waals surface area contributed by atoms with Gasteiger partial charge in [-0.05, 0) is 77.9 Å². The minimum Gasteiger partial charge on any atom is -0.460 e. The lowest BCUT2D eigenvalue weighted by Crippen LogP contribution is -2.47. The van der Waals surface area contributed by atoms with E-state index in [1.165, 1.54) is 15.9 Å². The molecule has 0 radical (unpaired) electrons. The molecule has 0 aliphatic rings. The molecule has 1 N–H and O–H groups in total. The fraction of sp³-hybridized carbons (Fsp3) is 0.355. The summed E-state index contributed by atoms with van der Waals surface area (Å²) in [5, 5.41) is 6.54. The maximum Gasteiger partial charge on any atom is 0.408 e. The third kappa shape index (κ3) is 8.16. The molecule has 37 heavy (non-hydrogen) atoms. The molecule has 3 aromatic carbocycles. The Kier molecular flexibility index (Phi) is 9.15. The van der Waals surface area contributed by atoms with Crippen LogP contribution in [0.15, 0.2) is 91.0 Å². The number of rotatable bonds is 8. The van der Waals surface area contributed by atoms with E-state index in [1.54, 1.807) is 0 Å². The van der Waals surface area contributed by atoms with E-state index < -0.39 is 30.6 Å². The number of benzene rings is 3. The highest BCUT2D eigenvalue weighted by atomic mass is 31.2. The van der Waals surface area contributed by atoms with Crippen molar-refractivity contribution in [2.75, 3.05) is 6.16 Å². The largest absolute Gasteiger partial charge is 0.460 e. The van der Waals surface area contributed by atoms with Gasteiger partial charge in [-0.2, -0.15) is 0 Å². The molecule has 5 nitrogen and oxygen atoms in total. The zero-order chi connectivity index (χ0) is 27.1. The fourth-order valence-corrected chi connectivity index (χ4v) is 8.81. The Balaban J connectivity index is 2.14. The van der Waals surface area contributed by atoms with E-state index in [9.17, 15) is 9.59 Å². The first-order valence-electron chi connectivity index (χ1n) is 12.7. The summed E-state index contributed by atoms with van der Waals surface area (Å²) in [5.41, 5.74) is -1.29. The molecule has 3 rings (SSSR count). The Labute approximate surface area is 221 Å². The first kappa shape index (κ1) is 28.4. The summed E-state index contributed by atoms with van der Waals surface area (Å²) >= 11 is 0. The first-order valence-corrected chi connectivity index (χ1v) is 14.6. The van der Waals surface area contributed by atoms with Crippen LogP contribution in [0.25, 0.3) is 0 Å². The third-order valence-electron chi connectivity index (χ3n) is 5.64. The van der Waals surface area contributed by atoms with Crippen molar-refractivity contribution in [3.8, 4) is 0 Å². The summed E-state index contributed by atoms with van der Waals surface area (Å²) in [5.74, 6) is -0.360. The van der Waals surface area contributed by atoms with Crippen LogP contribution in [-0.2, 0) is 14.3 Å². The van der Waals surface area contributed by atoms with Gasteiger partial charge in [-0.25, -0.2) is 4.79 Å². The molecular weight excluding hydrogens is 481 g/mol. The highest BCUT2D eigenvalue weighted by Crippen LogP contribution is 2.56. The number of carbonyl (C=O) groups is 2. The van der Waals surface area contributed by atoms with E-state index in [2.05, 4.69) is 41.7 Å². The van der Waals surface area contributed by atoms with E-state index in [0.717, 1.165) is 0 Å². The van der Waals surface area contributed by atoms with Crippen LogP contribution in [0.1, 0.15) is 48.0 Å². The van der Waals surface area contributed by atoms with Crippen molar-refractivity contribution >= 4 is 35.2 Å². The number of alkyl carbamates (subject to hydrolysis) is 1. The molecule has 1 unspecified atom stereocenters. The lowest BCUT2D eigenvalue weighted by molar-refractivity contribution is -0.155. The van der Waals surface area contributed by atoms with Crippen LogP contribution < -0.4 is 21.2 Å². The molecule has 0 aliphatic heterocycles. The minimum atomic E-state index is -2.30. The van der Waals surface area contributed by atoms with Crippen molar-refractivity contribution in [2.24, 2.45) is 0 Å². The van der Waals surface area contributed by atoms with Crippen LogP contribution in [0.5, 0.6) is 0 Å². The van der Waals surface area contributed by atoms with Crippen LogP contribution in [0, 0.1) is 0 Å². The molecule has 6 heteroatoms. The molecule has 3 aromatic rings. The second-order valence-electron chi connectivity index (χ2n) is 11.1. The zero-order valence-corrected chi connectivity index (χ0v) is 23.6.